The predicted octanol–water partition coefficient (Wildman–Crippen LogP) is 2.21. The molecule has 102 valence electrons. The molecule has 0 aromatic rings. The van der Waals surface area contributed by atoms with Crippen LogP contribution in [0.1, 0.15) is 46.5 Å². The molecule has 1 fully saturated rings. The lowest BCUT2D eigenvalue weighted by molar-refractivity contribution is -0.00171. The molecule has 0 aliphatic heterocycles. The van der Waals surface area contributed by atoms with Crippen molar-refractivity contribution in [2.45, 2.75) is 52.6 Å². The third-order valence-electron chi connectivity index (χ3n) is 4.04. The molecule has 3 nitrogen and oxygen atoms in total. The van der Waals surface area contributed by atoms with Crippen LogP contribution in [-0.2, 0) is 4.74 Å². The number of aliphatic hydroxyl groups is 2. The summed E-state index contributed by atoms with van der Waals surface area (Å²) in [5.41, 5.74) is 0.338. The van der Waals surface area contributed by atoms with E-state index in [0.717, 1.165) is 25.7 Å². The Morgan fingerprint density at radius 1 is 1.18 bits per heavy atom. The van der Waals surface area contributed by atoms with E-state index < -0.39 is 0 Å². The molecule has 3 unspecified atom stereocenters. The van der Waals surface area contributed by atoms with Crippen molar-refractivity contribution < 1.29 is 14.9 Å². The summed E-state index contributed by atoms with van der Waals surface area (Å²) in [6, 6.07) is 0. The summed E-state index contributed by atoms with van der Waals surface area (Å²) >= 11 is 0. The molecule has 1 saturated carbocycles. The van der Waals surface area contributed by atoms with Crippen LogP contribution in [0.5, 0.6) is 0 Å². The van der Waals surface area contributed by atoms with Gasteiger partial charge in [0.25, 0.3) is 0 Å². The van der Waals surface area contributed by atoms with Gasteiger partial charge in [0, 0.05) is 6.61 Å². The van der Waals surface area contributed by atoms with E-state index in [0.29, 0.717) is 30.5 Å². The Labute approximate surface area is 105 Å². The zero-order valence-corrected chi connectivity index (χ0v) is 11.5. The zero-order chi connectivity index (χ0) is 12.9. The average molecular weight is 244 g/mol. The van der Waals surface area contributed by atoms with Crippen molar-refractivity contribution in [2.75, 3.05) is 19.8 Å². The lowest BCUT2D eigenvalue weighted by Gasteiger charge is -2.40. The van der Waals surface area contributed by atoms with Gasteiger partial charge in [0.2, 0.25) is 0 Å². The summed E-state index contributed by atoms with van der Waals surface area (Å²) in [5, 5.41) is 18.6. The van der Waals surface area contributed by atoms with Crippen LogP contribution >= 0.6 is 0 Å². The SMILES string of the molecule is CC(C)(C)C1CCC(O)C(CCOCCO)C1. The number of ether oxygens (including phenoxy) is 1. The minimum Gasteiger partial charge on any atom is -0.394 e. The second-order valence-corrected chi connectivity index (χ2v) is 6.33. The highest BCUT2D eigenvalue weighted by Gasteiger charge is 2.34. The van der Waals surface area contributed by atoms with E-state index in [2.05, 4.69) is 20.8 Å². The van der Waals surface area contributed by atoms with Gasteiger partial charge in [-0.15, -0.1) is 0 Å². The van der Waals surface area contributed by atoms with Crippen LogP contribution < -0.4 is 0 Å². The Morgan fingerprint density at radius 2 is 1.88 bits per heavy atom. The first kappa shape index (κ1) is 14.9. The van der Waals surface area contributed by atoms with E-state index in [1.807, 2.05) is 0 Å². The van der Waals surface area contributed by atoms with Crippen LogP contribution in [-0.4, -0.2) is 36.1 Å². The lowest BCUT2D eigenvalue weighted by atomic mass is 9.67. The van der Waals surface area contributed by atoms with E-state index in [4.69, 9.17) is 9.84 Å². The quantitative estimate of drug-likeness (QED) is 0.729. The molecule has 2 N–H and O–H groups in total. The van der Waals surface area contributed by atoms with E-state index >= 15 is 0 Å². The number of hydrogen-bond donors (Lipinski definition) is 2. The second kappa shape index (κ2) is 6.72. The van der Waals surface area contributed by atoms with Gasteiger partial charge in [-0.25, -0.2) is 0 Å². The van der Waals surface area contributed by atoms with Crippen LogP contribution in [0.3, 0.4) is 0 Å². The molecule has 0 heterocycles. The summed E-state index contributed by atoms with van der Waals surface area (Å²) in [6.45, 7) is 8.00. The normalized spacial score (nSPS) is 30.5. The van der Waals surface area contributed by atoms with Crippen LogP contribution in [0.4, 0.5) is 0 Å². The summed E-state index contributed by atoms with van der Waals surface area (Å²) < 4.78 is 5.29. The van der Waals surface area contributed by atoms with Crippen LogP contribution in [0, 0.1) is 17.3 Å². The lowest BCUT2D eigenvalue weighted by Crippen LogP contribution is -2.35. The van der Waals surface area contributed by atoms with Gasteiger partial charge in [0.05, 0.1) is 19.3 Å². The first-order valence-electron chi connectivity index (χ1n) is 6.82. The minimum absolute atomic E-state index is 0.0812. The Bertz CT molecular complexity index is 210. The van der Waals surface area contributed by atoms with Crippen molar-refractivity contribution in [2.24, 2.45) is 17.3 Å². The molecule has 0 amide bonds. The number of aliphatic hydroxyl groups excluding tert-OH is 2. The fraction of sp³-hybridized carbons (Fsp3) is 1.00. The Hall–Kier alpha value is -0.120. The Kier molecular flexibility index (Phi) is 5.90. The molecule has 0 aromatic carbocycles. The van der Waals surface area contributed by atoms with Crippen LogP contribution in [0.2, 0.25) is 0 Å². The Morgan fingerprint density at radius 3 is 2.47 bits per heavy atom. The summed E-state index contributed by atoms with van der Waals surface area (Å²) in [5.74, 6) is 1.07. The van der Waals surface area contributed by atoms with Crippen molar-refractivity contribution in [1.29, 1.82) is 0 Å². The predicted molar refractivity (Wildman–Crippen MR) is 68.8 cm³/mol. The molecule has 17 heavy (non-hydrogen) atoms. The van der Waals surface area contributed by atoms with E-state index in [-0.39, 0.29) is 12.7 Å². The monoisotopic (exact) mass is 244 g/mol. The van der Waals surface area contributed by atoms with Gasteiger partial charge < -0.3 is 14.9 Å². The molecule has 3 atom stereocenters. The van der Waals surface area contributed by atoms with E-state index in [1.54, 1.807) is 0 Å². The maximum absolute atomic E-state index is 10.0. The van der Waals surface area contributed by atoms with Crippen LogP contribution in [0.25, 0.3) is 0 Å². The van der Waals surface area contributed by atoms with E-state index in [9.17, 15) is 5.11 Å². The molecule has 3 heteroatoms. The zero-order valence-electron chi connectivity index (χ0n) is 11.5. The average Bonchev–Trinajstić information content (AvgIpc) is 2.25. The second-order valence-electron chi connectivity index (χ2n) is 6.33. The third kappa shape index (κ3) is 4.94. The van der Waals surface area contributed by atoms with Crippen molar-refractivity contribution in [3.8, 4) is 0 Å². The largest absolute Gasteiger partial charge is 0.394 e. The molecule has 0 aromatic heterocycles. The molecular formula is C14H28O3. The van der Waals surface area contributed by atoms with Gasteiger partial charge in [-0.1, -0.05) is 20.8 Å². The molecular weight excluding hydrogens is 216 g/mol. The van der Waals surface area contributed by atoms with Crippen LogP contribution in [0.15, 0.2) is 0 Å². The van der Waals surface area contributed by atoms with Gasteiger partial charge in [-0.3, -0.25) is 0 Å². The highest BCUT2D eigenvalue weighted by molar-refractivity contribution is 4.85. The van der Waals surface area contributed by atoms with Crippen molar-refractivity contribution in [3.05, 3.63) is 0 Å². The first-order valence-corrected chi connectivity index (χ1v) is 6.82. The summed E-state index contributed by atoms with van der Waals surface area (Å²) in [6.07, 6.45) is 3.91. The maximum atomic E-state index is 10.0. The van der Waals surface area contributed by atoms with Crippen molar-refractivity contribution >= 4 is 0 Å². The fourth-order valence-corrected chi connectivity index (χ4v) is 2.75. The molecule has 0 radical (unpaired) electrons. The highest BCUT2D eigenvalue weighted by atomic mass is 16.5. The smallest absolute Gasteiger partial charge is 0.0697 e. The molecule has 1 rings (SSSR count). The highest BCUT2D eigenvalue weighted by Crippen LogP contribution is 2.41. The number of rotatable bonds is 5. The first-order chi connectivity index (χ1) is 7.95. The Balaban J connectivity index is 2.36. The molecule has 0 spiro atoms. The van der Waals surface area contributed by atoms with Gasteiger partial charge in [-0.05, 0) is 42.9 Å². The summed E-state index contributed by atoms with van der Waals surface area (Å²) in [7, 11) is 0. The molecule has 0 bridgehead atoms. The van der Waals surface area contributed by atoms with Gasteiger partial charge in [0.1, 0.15) is 0 Å². The van der Waals surface area contributed by atoms with E-state index in [1.165, 1.54) is 0 Å². The fourth-order valence-electron chi connectivity index (χ4n) is 2.75. The summed E-state index contributed by atoms with van der Waals surface area (Å²) in [4.78, 5) is 0. The number of hydrogen-bond acceptors (Lipinski definition) is 3. The van der Waals surface area contributed by atoms with Gasteiger partial charge >= 0.3 is 0 Å². The van der Waals surface area contributed by atoms with Crippen molar-refractivity contribution in [3.63, 3.8) is 0 Å². The molecule has 1 aliphatic carbocycles. The maximum Gasteiger partial charge on any atom is 0.0697 e. The minimum atomic E-state index is -0.161. The third-order valence-corrected chi connectivity index (χ3v) is 4.04. The molecule has 0 saturated heterocycles. The van der Waals surface area contributed by atoms with Gasteiger partial charge in [0.15, 0.2) is 0 Å². The molecule has 1 aliphatic rings. The topological polar surface area (TPSA) is 49.7 Å². The standard InChI is InChI=1S/C14H28O3/c1-14(2,3)12-4-5-13(16)11(10-12)6-8-17-9-7-15/h11-13,15-16H,4-10H2,1-3H3. The van der Waals surface area contributed by atoms with Crippen molar-refractivity contribution in [1.82, 2.24) is 0 Å². The van der Waals surface area contributed by atoms with Gasteiger partial charge in [-0.2, -0.15) is 0 Å².